The molecule has 0 atom stereocenters. The van der Waals surface area contributed by atoms with Crippen LogP contribution in [-0.4, -0.2) is 41.5 Å². The van der Waals surface area contributed by atoms with E-state index in [0.717, 1.165) is 16.6 Å². The van der Waals surface area contributed by atoms with Crippen LogP contribution in [0.15, 0.2) is 30.3 Å². The maximum Gasteiger partial charge on any atom is 0.309 e. The number of nitrogens with two attached hydrogens (primary N) is 1. The molecule has 3 rings (SSSR count). The second-order valence-corrected chi connectivity index (χ2v) is 6.34. The number of benzene rings is 1. The number of likely N-dealkylation sites (tertiary alicyclic amines) is 1. The number of anilines is 1. The second kappa shape index (κ2) is 7.51. The molecule has 2 aromatic rings. The molecule has 1 aromatic heterocycles. The van der Waals surface area contributed by atoms with Gasteiger partial charge in [0, 0.05) is 24.2 Å². The standard InChI is InChI=1S/C19H23N3O3/c1-2-25-19(24)13-7-9-22(10-8-13)18(23)12-16-5-3-14-11-15(20)4-6-17(14)21-16/h3-6,11,13H,2,7-10,12,20H2,1H3. The second-order valence-electron chi connectivity index (χ2n) is 6.34. The number of nitrogen functional groups attached to an aromatic ring is 1. The van der Waals surface area contributed by atoms with Gasteiger partial charge in [-0.2, -0.15) is 0 Å². The van der Waals surface area contributed by atoms with Crippen LogP contribution in [0.2, 0.25) is 0 Å². The Kier molecular flexibility index (Phi) is 5.16. The Hall–Kier alpha value is -2.63. The summed E-state index contributed by atoms with van der Waals surface area (Å²) in [6, 6.07) is 9.35. The van der Waals surface area contributed by atoms with Gasteiger partial charge < -0.3 is 15.4 Å². The van der Waals surface area contributed by atoms with Gasteiger partial charge in [0.25, 0.3) is 0 Å². The highest BCUT2D eigenvalue weighted by Gasteiger charge is 2.28. The van der Waals surface area contributed by atoms with Crippen molar-refractivity contribution in [1.82, 2.24) is 9.88 Å². The maximum atomic E-state index is 12.5. The summed E-state index contributed by atoms with van der Waals surface area (Å²) in [5, 5.41) is 0.964. The molecule has 0 saturated carbocycles. The molecule has 1 aromatic carbocycles. The van der Waals surface area contributed by atoms with Gasteiger partial charge in [-0.25, -0.2) is 0 Å². The van der Waals surface area contributed by atoms with E-state index < -0.39 is 0 Å². The van der Waals surface area contributed by atoms with Crippen LogP contribution in [0.1, 0.15) is 25.5 Å². The highest BCUT2D eigenvalue weighted by molar-refractivity contribution is 5.84. The summed E-state index contributed by atoms with van der Waals surface area (Å²) in [6.45, 7) is 3.39. The van der Waals surface area contributed by atoms with Crippen LogP contribution in [0, 0.1) is 5.92 Å². The minimum Gasteiger partial charge on any atom is -0.466 e. The van der Waals surface area contributed by atoms with E-state index in [1.807, 2.05) is 29.2 Å². The number of amides is 1. The number of nitrogens with zero attached hydrogens (tertiary/aromatic N) is 2. The van der Waals surface area contributed by atoms with Crippen LogP contribution in [0.25, 0.3) is 10.9 Å². The fourth-order valence-electron chi connectivity index (χ4n) is 3.18. The zero-order valence-electron chi connectivity index (χ0n) is 14.4. The molecule has 0 spiro atoms. The van der Waals surface area contributed by atoms with E-state index in [9.17, 15) is 9.59 Å². The summed E-state index contributed by atoms with van der Waals surface area (Å²) < 4.78 is 5.06. The molecular formula is C19H23N3O3. The third-order valence-corrected chi connectivity index (χ3v) is 4.57. The maximum absolute atomic E-state index is 12.5. The van der Waals surface area contributed by atoms with Crippen molar-refractivity contribution in [2.75, 3.05) is 25.4 Å². The number of carbonyl (C=O) groups is 2. The lowest BCUT2D eigenvalue weighted by Crippen LogP contribution is -2.41. The van der Waals surface area contributed by atoms with Crippen LogP contribution >= 0.6 is 0 Å². The molecule has 2 heterocycles. The quantitative estimate of drug-likeness (QED) is 0.680. The number of ether oxygens (including phenoxy) is 1. The van der Waals surface area contributed by atoms with Crippen molar-refractivity contribution in [3.05, 3.63) is 36.0 Å². The van der Waals surface area contributed by atoms with Gasteiger partial charge in [0.05, 0.1) is 30.2 Å². The Labute approximate surface area is 147 Å². The van der Waals surface area contributed by atoms with Crippen LogP contribution < -0.4 is 5.73 Å². The molecule has 1 saturated heterocycles. The number of carbonyl (C=O) groups excluding carboxylic acids is 2. The van der Waals surface area contributed by atoms with Crippen LogP contribution in [-0.2, 0) is 20.7 Å². The fourth-order valence-corrected chi connectivity index (χ4v) is 3.18. The van der Waals surface area contributed by atoms with Crippen molar-refractivity contribution in [3.8, 4) is 0 Å². The fraction of sp³-hybridized carbons (Fsp3) is 0.421. The van der Waals surface area contributed by atoms with E-state index in [4.69, 9.17) is 10.5 Å². The number of fused-ring (bicyclic) bond motifs is 1. The van der Waals surface area contributed by atoms with Crippen LogP contribution in [0.5, 0.6) is 0 Å². The third-order valence-electron chi connectivity index (χ3n) is 4.57. The first-order chi connectivity index (χ1) is 12.1. The van der Waals surface area contributed by atoms with Gasteiger partial charge in [-0.3, -0.25) is 14.6 Å². The van der Waals surface area contributed by atoms with Gasteiger partial charge in [0.2, 0.25) is 5.91 Å². The normalized spacial score (nSPS) is 15.3. The van der Waals surface area contributed by atoms with E-state index in [-0.39, 0.29) is 24.2 Å². The summed E-state index contributed by atoms with van der Waals surface area (Å²) in [6.07, 6.45) is 1.59. The molecule has 1 aliphatic rings. The zero-order chi connectivity index (χ0) is 17.8. The molecule has 25 heavy (non-hydrogen) atoms. The molecule has 0 aliphatic carbocycles. The number of hydrogen-bond acceptors (Lipinski definition) is 5. The summed E-state index contributed by atoms with van der Waals surface area (Å²) in [4.78, 5) is 30.6. The Bertz CT molecular complexity index is 783. The number of aromatic nitrogens is 1. The molecule has 0 radical (unpaired) electrons. The van der Waals surface area contributed by atoms with Crippen molar-refractivity contribution in [3.63, 3.8) is 0 Å². The summed E-state index contributed by atoms with van der Waals surface area (Å²) >= 11 is 0. The lowest BCUT2D eigenvalue weighted by Gasteiger charge is -2.30. The molecule has 6 heteroatoms. The predicted molar refractivity (Wildman–Crippen MR) is 95.8 cm³/mol. The summed E-state index contributed by atoms with van der Waals surface area (Å²) in [7, 11) is 0. The summed E-state index contributed by atoms with van der Waals surface area (Å²) in [5.74, 6) is -0.192. The zero-order valence-corrected chi connectivity index (χ0v) is 14.4. The molecule has 2 N–H and O–H groups in total. The monoisotopic (exact) mass is 341 g/mol. The van der Waals surface area contributed by atoms with Crippen LogP contribution in [0.3, 0.4) is 0 Å². The lowest BCUT2D eigenvalue weighted by molar-refractivity contribution is -0.151. The molecule has 1 fully saturated rings. The Morgan fingerprint density at radius 2 is 2.00 bits per heavy atom. The first-order valence-electron chi connectivity index (χ1n) is 8.66. The number of piperidine rings is 1. The average Bonchev–Trinajstić information content (AvgIpc) is 2.62. The summed E-state index contributed by atoms with van der Waals surface area (Å²) in [5.41, 5.74) is 8.05. The molecular weight excluding hydrogens is 318 g/mol. The first-order valence-corrected chi connectivity index (χ1v) is 8.66. The molecule has 0 unspecified atom stereocenters. The molecule has 1 aliphatic heterocycles. The highest BCUT2D eigenvalue weighted by Crippen LogP contribution is 2.20. The van der Waals surface area contributed by atoms with Gasteiger partial charge in [0.1, 0.15) is 0 Å². The molecule has 0 bridgehead atoms. The van der Waals surface area contributed by atoms with Gasteiger partial charge in [-0.15, -0.1) is 0 Å². The van der Waals surface area contributed by atoms with E-state index in [1.54, 1.807) is 13.0 Å². The lowest BCUT2D eigenvalue weighted by atomic mass is 9.96. The van der Waals surface area contributed by atoms with Gasteiger partial charge in [0.15, 0.2) is 0 Å². The van der Waals surface area contributed by atoms with Gasteiger partial charge in [-0.1, -0.05) is 6.07 Å². The predicted octanol–water partition coefficient (Wildman–Crippen LogP) is 2.16. The molecule has 1 amide bonds. The van der Waals surface area contributed by atoms with Gasteiger partial charge in [-0.05, 0) is 44.0 Å². The van der Waals surface area contributed by atoms with Crippen LogP contribution in [0.4, 0.5) is 5.69 Å². The topological polar surface area (TPSA) is 85.5 Å². The van der Waals surface area contributed by atoms with E-state index in [1.165, 1.54) is 0 Å². The highest BCUT2D eigenvalue weighted by atomic mass is 16.5. The van der Waals surface area contributed by atoms with E-state index in [2.05, 4.69) is 4.98 Å². The molecule has 132 valence electrons. The van der Waals surface area contributed by atoms with Crippen molar-refractivity contribution in [1.29, 1.82) is 0 Å². The number of rotatable bonds is 4. The van der Waals surface area contributed by atoms with E-state index >= 15 is 0 Å². The number of esters is 1. The van der Waals surface area contributed by atoms with Crippen molar-refractivity contribution < 1.29 is 14.3 Å². The minimum absolute atomic E-state index is 0.0459. The Morgan fingerprint density at radius 3 is 2.72 bits per heavy atom. The van der Waals surface area contributed by atoms with E-state index in [0.29, 0.717) is 38.2 Å². The SMILES string of the molecule is CCOC(=O)C1CCN(C(=O)Cc2ccc3cc(N)ccc3n2)CC1. The smallest absolute Gasteiger partial charge is 0.309 e. The average molecular weight is 341 g/mol. The van der Waals surface area contributed by atoms with Crippen molar-refractivity contribution >= 4 is 28.5 Å². The third kappa shape index (κ3) is 4.07. The Morgan fingerprint density at radius 1 is 1.24 bits per heavy atom. The minimum atomic E-state index is -0.148. The molecule has 6 nitrogen and oxygen atoms in total. The Balaban J connectivity index is 1.59. The van der Waals surface area contributed by atoms with Gasteiger partial charge >= 0.3 is 5.97 Å². The number of pyridine rings is 1. The number of hydrogen-bond donors (Lipinski definition) is 1. The largest absolute Gasteiger partial charge is 0.466 e. The van der Waals surface area contributed by atoms with Crippen molar-refractivity contribution in [2.45, 2.75) is 26.2 Å². The first kappa shape index (κ1) is 17.2. The van der Waals surface area contributed by atoms with Crippen molar-refractivity contribution in [2.24, 2.45) is 5.92 Å².